The fourth-order valence-corrected chi connectivity index (χ4v) is 2.61. The zero-order valence-corrected chi connectivity index (χ0v) is 11.3. The second-order valence-electron chi connectivity index (χ2n) is 5.44. The third-order valence-electron chi connectivity index (χ3n) is 3.86. The molecule has 0 spiro atoms. The minimum absolute atomic E-state index is 0.0413. The average molecular weight is 253 g/mol. The number of carbonyl (C=O) groups excluding carboxylic acids is 3. The Kier molecular flexibility index (Phi) is 6.02. The second-order valence-corrected chi connectivity index (χ2v) is 5.44. The van der Waals surface area contributed by atoms with E-state index in [1.165, 1.54) is 0 Å². The third kappa shape index (κ3) is 4.24. The molecule has 0 saturated heterocycles. The highest BCUT2D eigenvalue weighted by molar-refractivity contribution is 5.80. The van der Waals surface area contributed by atoms with Crippen LogP contribution in [0.1, 0.15) is 39.0 Å². The molecule has 4 heteroatoms. The van der Waals surface area contributed by atoms with Crippen LogP contribution in [0, 0.1) is 17.8 Å². The number of aldehydes is 2. The molecular formula is C14H23NO3. The van der Waals surface area contributed by atoms with E-state index in [4.69, 9.17) is 0 Å². The standard InChI is InChI=1S/C14H23NO3/c1-11(7-8-16)14(18)15(2)9-12-3-5-13(10-17)6-4-12/h8,10-13H,3-7,9H2,1-2H3. The van der Waals surface area contributed by atoms with Crippen molar-refractivity contribution in [2.24, 2.45) is 17.8 Å². The molecule has 0 radical (unpaired) electrons. The Morgan fingerprint density at radius 2 is 1.89 bits per heavy atom. The normalized spacial score (nSPS) is 25.2. The number of hydrogen-bond acceptors (Lipinski definition) is 3. The van der Waals surface area contributed by atoms with Crippen molar-refractivity contribution in [2.45, 2.75) is 39.0 Å². The van der Waals surface area contributed by atoms with Gasteiger partial charge in [0.15, 0.2) is 0 Å². The molecule has 1 aliphatic carbocycles. The molecular weight excluding hydrogens is 230 g/mol. The van der Waals surface area contributed by atoms with Gasteiger partial charge in [-0.05, 0) is 31.6 Å². The SMILES string of the molecule is CC(CC=O)C(=O)N(C)CC1CCC(C=O)CC1. The highest BCUT2D eigenvalue weighted by Gasteiger charge is 2.24. The summed E-state index contributed by atoms with van der Waals surface area (Å²) in [5.74, 6) is 0.535. The van der Waals surface area contributed by atoms with Crippen LogP contribution in [0.4, 0.5) is 0 Å². The fourth-order valence-electron chi connectivity index (χ4n) is 2.61. The van der Waals surface area contributed by atoms with Crippen LogP contribution in [0.2, 0.25) is 0 Å². The maximum Gasteiger partial charge on any atom is 0.225 e. The number of hydrogen-bond donors (Lipinski definition) is 0. The summed E-state index contributed by atoms with van der Waals surface area (Å²) in [5.41, 5.74) is 0. The lowest BCUT2D eigenvalue weighted by Gasteiger charge is -2.30. The molecule has 0 heterocycles. The average Bonchev–Trinajstić information content (AvgIpc) is 2.39. The molecule has 1 atom stereocenters. The van der Waals surface area contributed by atoms with Gasteiger partial charge in [-0.1, -0.05) is 6.92 Å². The molecule has 1 rings (SSSR count). The van der Waals surface area contributed by atoms with Crippen LogP contribution in [0.3, 0.4) is 0 Å². The lowest BCUT2D eigenvalue weighted by Crippen LogP contribution is -2.36. The van der Waals surface area contributed by atoms with E-state index in [1.54, 1.807) is 18.9 Å². The first kappa shape index (κ1) is 14.9. The minimum Gasteiger partial charge on any atom is -0.345 e. The third-order valence-corrected chi connectivity index (χ3v) is 3.86. The van der Waals surface area contributed by atoms with Crippen molar-refractivity contribution in [2.75, 3.05) is 13.6 Å². The van der Waals surface area contributed by atoms with Crippen LogP contribution in [0.15, 0.2) is 0 Å². The predicted octanol–water partition coefficient (Wildman–Crippen LogP) is 1.68. The van der Waals surface area contributed by atoms with Gasteiger partial charge in [-0.3, -0.25) is 4.79 Å². The Morgan fingerprint density at radius 3 is 2.39 bits per heavy atom. The lowest BCUT2D eigenvalue weighted by atomic mass is 9.82. The Hall–Kier alpha value is -1.19. The van der Waals surface area contributed by atoms with Crippen molar-refractivity contribution >= 4 is 18.5 Å². The number of rotatable bonds is 6. The monoisotopic (exact) mass is 253 g/mol. The summed E-state index contributed by atoms with van der Waals surface area (Å²) in [6, 6.07) is 0. The van der Waals surface area contributed by atoms with Gasteiger partial charge in [-0.15, -0.1) is 0 Å². The van der Waals surface area contributed by atoms with Gasteiger partial charge in [-0.2, -0.15) is 0 Å². The number of amides is 1. The van der Waals surface area contributed by atoms with Crippen LogP contribution in [0.5, 0.6) is 0 Å². The maximum atomic E-state index is 11.9. The van der Waals surface area contributed by atoms with Crippen LogP contribution >= 0.6 is 0 Å². The van der Waals surface area contributed by atoms with Gasteiger partial charge in [-0.25, -0.2) is 0 Å². The Labute approximate surface area is 109 Å². The lowest BCUT2D eigenvalue weighted by molar-refractivity contribution is -0.135. The summed E-state index contributed by atoms with van der Waals surface area (Å²) in [5, 5.41) is 0. The predicted molar refractivity (Wildman–Crippen MR) is 69.0 cm³/mol. The number of nitrogens with zero attached hydrogens (tertiary/aromatic N) is 1. The van der Waals surface area contributed by atoms with Crippen LogP contribution in [0.25, 0.3) is 0 Å². The number of carbonyl (C=O) groups is 3. The quantitative estimate of drug-likeness (QED) is 0.677. The van der Waals surface area contributed by atoms with Crippen molar-refractivity contribution in [3.63, 3.8) is 0 Å². The van der Waals surface area contributed by atoms with E-state index < -0.39 is 0 Å². The molecule has 4 nitrogen and oxygen atoms in total. The van der Waals surface area contributed by atoms with Gasteiger partial charge in [0.05, 0.1) is 0 Å². The molecule has 0 aromatic rings. The second kappa shape index (κ2) is 7.29. The van der Waals surface area contributed by atoms with E-state index in [0.29, 0.717) is 12.3 Å². The molecule has 1 aliphatic rings. The van der Waals surface area contributed by atoms with Crippen molar-refractivity contribution in [1.82, 2.24) is 4.90 Å². The summed E-state index contributed by atoms with van der Waals surface area (Å²) in [6.07, 6.45) is 6.07. The Bertz CT molecular complexity index is 295. The molecule has 102 valence electrons. The van der Waals surface area contributed by atoms with E-state index in [-0.39, 0.29) is 17.7 Å². The van der Waals surface area contributed by atoms with E-state index >= 15 is 0 Å². The molecule has 1 amide bonds. The summed E-state index contributed by atoms with van der Waals surface area (Å²) < 4.78 is 0. The smallest absolute Gasteiger partial charge is 0.225 e. The molecule has 1 unspecified atom stereocenters. The van der Waals surface area contributed by atoms with Crippen molar-refractivity contribution < 1.29 is 14.4 Å². The van der Waals surface area contributed by atoms with E-state index in [9.17, 15) is 14.4 Å². The van der Waals surface area contributed by atoms with Gasteiger partial charge in [0.1, 0.15) is 12.6 Å². The minimum atomic E-state index is -0.223. The van der Waals surface area contributed by atoms with Gasteiger partial charge in [0.25, 0.3) is 0 Å². The molecule has 0 bridgehead atoms. The topological polar surface area (TPSA) is 54.5 Å². The molecule has 0 aromatic carbocycles. The molecule has 0 N–H and O–H groups in total. The molecule has 1 fully saturated rings. The summed E-state index contributed by atoms with van der Waals surface area (Å²) >= 11 is 0. The first-order valence-corrected chi connectivity index (χ1v) is 6.72. The first-order chi connectivity index (χ1) is 8.58. The van der Waals surface area contributed by atoms with Crippen molar-refractivity contribution in [3.05, 3.63) is 0 Å². The van der Waals surface area contributed by atoms with Gasteiger partial charge < -0.3 is 14.5 Å². The Balaban J connectivity index is 2.36. The Morgan fingerprint density at radius 1 is 1.28 bits per heavy atom. The van der Waals surface area contributed by atoms with E-state index in [2.05, 4.69) is 0 Å². The summed E-state index contributed by atoms with van der Waals surface area (Å²) in [7, 11) is 1.80. The van der Waals surface area contributed by atoms with Crippen LogP contribution < -0.4 is 0 Å². The summed E-state index contributed by atoms with van der Waals surface area (Å²) in [4.78, 5) is 34.7. The fraction of sp³-hybridized carbons (Fsp3) is 0.786. The molecule has 1 saturated carbocycles. The highest BCUT2D eigenvalue weighted by atomic mass is 16.2. The zero-order valence-electron chi connectivity index (χ0n) is 11.3. The van der Waals surface area contributed by atoms with E-state index in [0.717, 1.165) is 44.8 Å². The van der Waals surface area contributed by atoms with Crippen molar-refractivity contribution in [3.8, 4) is 0 Å². The van der Waals surface area contributed by atoms with E-state index in [1.807, 2.05) is 0 Å². The molecule has 18 heavy (non-hydrogen) atoms. The van der Waals surface area contributed by atoms with Crippen LogP contribution in [-0.4, -0.2) is 37.0 Å². The maximum absolute atomic E-state index is 11.9. The van der Waals surface area contributed by atoms with Gasteiger partial charge >= 0.3 is 0 Å². The first-order valence-electron chi connectivity index (χ1n) is 6.72. The van der Waals surface area contributed by atoms with Gasteiger partial charge in [0, 0.05) is 31.8 Å². The van der Waals surface area contributed by atoms with Crippen LogP contribution in [-0.2, 0) is 14.4 Å². The van der Waals surface area contributed by atoms with Gasteiger partial charge in [0.2, 0.25) is 5.91 Å². The van der Waals surface area contributed by atoms with Crippen molar-refractivity contribution in [1.29, 1.82) is 0 Å². The summed E-state index contributed by atoms with van der Waals surface area (Å²) in [6.45, 7) is 2.53. The molecule has 0 aromatic heterocycles. The zero-order chi connectivity index (χ0) is 13.5. The highest BCUT2D eigenvalue weighted by Crippen LogP contribution is 2.28. The largest absolute Gasteiger partial charge is 0.345 e. The molecule has 0 aliphatic heterocycles.